The molecular weight excluding hydrogens is 152 g/mol. The minimum absolute atomic E-state index is 0.373. The first-order chi connectivity index (χ1) is 5.76. The monoisotopic (exact) mass is 162 g/mol. The SMILES string of the molecule is N#Cc1cc(N)nc(CCN)c1. The van der Waals surface area contributed by atoms with E-state index in [0.29, 0.717) is 24.3 Å². The maximum absolute atomic E-state index is 8.59. The number of rotatable bonds is 2. The Labute approximate surface area is 70.8 Å². The Balaban J connectivity index is 3.00. The first kappa shape index (κ1) is 8.50. The average Bonchev–Trinajstić information content (AvgIpc) is 2.04. The Kier molecular flexibility index (Phi) is 2.62. The van der Waals surface area contributed by atoms with Crippen LogP contribution in [0.15, 0.2) is 12.1 Å². The molecule has 4 heteroatoms. The van der Waals surface area contributed by atoms with Gasteiger partial charge in [0.15, 0.2) is 0 Å². The van der Waals surface area contributed by atoms with Crippen LogP contribution in [0.2, 0.25) is 0 Å². The lowest BCUT2D eigenvalue weighted by atomic mass is 10.2. The van der Waals surface area contributed by atoms with Crippen molar-refractivity contribution in [2.24, 2.45) is 5.73 Å². The van der Waals surface area contributed by atoms with Gasteiger partial charge in [-0.25, -0.2) is 4.98 Å². The molecule has 0 aliphatic rings. The largest absolute Gasteiger partial charge is 0.384 e. The molecule has 4 nitrogen and oxygen atoms in total. The lowest BCUT2D eigenvalue weighted by Gasteiger charge is -1.99. The van der Waals surface area contributed by atoms with Crippen molar-refractivity contribution in [3.05, 3.63) is 23.4 Å². The van der Waals surface area contributed by atoms with E-state index in [1.165, 1.54) is 0 Å². The number of nitriles is 1. The van der Waals surface area contributed by atoms with E-state index in [4.69, 9.17) is 16.7 Å². The highest BCUT2D eigenvalue weighted by molar-refractivity contribution is 5.41. The topological polar surface area (TPSA) is 88.7 Å². The fraction of sp³-hybridized carbons (Fsp3) is 0.250. The molecule has 1 aromatic heterocycles. The van der Waals surface area contributed by atoms with Crippen molar-refractivity contribution < 1.29 is 0 Å². The number of nitrogens with two attached hydrogens (primary N) is 2. The summed E-state index contributed by atoms with van der Waals surface area (Å²) >= 11 is 0. The third-order valence-electron chi connectivity index (χ3n) is 1.43. The van der Waals surface area contributed by atoms with Gasteiger partial charge in [-0.1, -0.05) is 0 Å². The molecule has 62 valence electrons. The first-order valence-corrected chi connectivity index (χ1v) is 3.63. The molecule has 0 unspecified atom stereocenters. The standard InChI is InChI=1S/C8H10N4/c9-2-1-7-3-6(5-10)4-8(11)12-7/h3-4H,1-2,9H2,(H2,11,12). The number of anilines is 1. The maximum Gasteiger partial charge on any atom is 0.124 e. The van der Waals surface area contributed by atoms with Crippen molar-refractivity contribution in [1.29, 1.82) is 5.26 Å². The quantitative estimate of drug-likeness (QED) is 0.642. The molecule has 0 fully saturated rings. The molecule has 12 heavy (non-hydrogen) atoms. The van der Waals surface area contributed by atoms with Gasteiger partial charge in [0.25, 0.3) is 0 Å². The Bertz CT molecular complexity index is 313. The molecule has 1 aromatic rings. The van der Waals surface area contributed by atoms with Gasteiger partial charge >= 0.3 is 0 Å². The van der Waals surface area contributed by atoms with Crippen molar-refractivity contribution in [1.82, 2.24) is 4.98 Å². The summed E-state index contributed by atoms with van der Waals surface area (Å²) in [6.45, 7) is 0.515. The molecule has 0 radical (unpaired) electrons. The van der Waals surface area contributed by atoms with Gasteiger partial charge in [-0.05, 0) is 18.7 Å². The molecule has 0 spiro atoms. The number of aromatic nitrogens is 1. The Morgan fingerprint density at radius 3 is 2.83 bits per heavy atom. The summed E-state index contributed by atoms with van der Waals surface area (Å²) in [5, 5.41) is 8.59. The van der Waals surface area contributed by atoms with Gasteiger partial charge in [0.2, 0.25) is 0 Å². The highest BCUT2D eigenvalue weighted by Crippen LogP contribution is 2.06. The van der Waals surface area contributed by atoms with E-state index in [1.807, 2.05) is 6.07 Å². The van der Waals surface area contributed by atoms with Gasteiger partial charge < -0.3 is 11.5 Å². The zero-order chi connectivity index (χ0) is 8.97. The van der Waals surface area contributed by atoms with Crippen LogP contribution in [0.1, 0.15) is 11.3 Å². The van der Waals surface area contributed by atoms with Gasteiger partial charge in [-0.3, -0.25) is 0 Å². The Hall–Kier alpha value is -1.60. The summed E-state index contributed by atoms with van der Waals surface area (Å²) in [4.78, 5) is 4.02. The summed E-state index contributed by atoms with van der Waals surface area (Å²) in [5.41, 5.74) is 12.1. The van der Waals surface area contributed by atoms with E-state index >= 15 is 0 Å². The molecule has 0 aliphatic carbocycles. The molecule has 0 amide bonds. The van der Waals surface area contributed by atoms with Gasteiger partial charge in [0.1, 0.15) is 5.82 Å². The van der Waals surface area contributed by atoms with Crippen LogP contribution in [0.3, 0.4) is 0 Å². The van der Waals surface area contributed by atoms with E-state index < -0.39 is 0 Å². The third-order valence-corrected chi connectivity index (χ3v) is 1.43. The van der Waals surface area contributed by atoms with Crippen LogP contribution in [0.25, 0.3) is 0 Å². The second-order valence-corrected chi connectivity index (χ2v) is 2.42. The number of nitrogens with zero attached hydrogens (tertiary/aromatic N) is 2. The van der Waals surface area contributed by atoms with Gasteiger partial charge in [-0.2, -0.15) is 5.26 Å². The summed E-state index contributed by atoms with van der Waals surface area (Å²) < 4.78 is 0. The van der Waals surface area contributed by atoms with E-state index in [2.05, 4.69) is 4.98 Å². The van der Waals surface area contributed by atoms with Crippen LogP contribution in [-0.2, 0) is 6.42 Å². The van der Waals surface area contributed by atoms with Crippen LogP contribution in [0, 0.1) is 11.3 Å². The fourth-order valence-electron chi connectivity index (χ4n) is 0.951. The molecule has 1 rings (SSSR count). The minimum atomic E-state index is 0.373. The van der Waals surface area contributed by atoms with Crippen molar-refractivity contribution in [3.8, 4) is 6.07 Å². The maximum atomic E-state index is 8.59. The lowest BCUT2D eigenvalue weighted by molar-refractivity contribution is 0.925. The van der Waals surface area contributed by atoms with E-state index in [0.717, 1.165) is 5.69 Å². The zero-order valence-electron chi connectivity index (χ0n) is 6.62. The van der Waals surface area contributed by atoms with Gasteiger partial charge in [0, 0.05) is 12.1 Å². The third kappa shape index (κ3) is 1.94. The molecule has 1 heterocycles. The molecule has 0 aromatic carbocycles. The molecule has 4 N–H and O–H groups in total. The fourth-order valence-corrected chi connectivity index (χ4v) is 0.951. The summed E-state index contributed by atoms with van der Waals surface area (Å²) in [5.74, 6) is 0.373. The summed E-state index contributed by atoms with van der Waals surface area (Å²) in [6.07, 6.45) is 0.652. The van der Waals surface area contributed by atoms with E-state index in [1.54, 1.807) is 12.1 Å². The average molecular weight is 162 g/mol. The number of nitrogen functional groups attached to an aromatic ring is 1. The zero-order valence-corrected chi connectivity index (χ0v) is 6.62. The summed E-state index contributed by atoms with van der Waals surface area (Å²) in [6, 6.07) is 5.25. The smallest absolute Gasteiger partial charge is 0.124 e. The minimum Gasteiger partial charge on any atom is -0.384 e. The second-order valence-electron chi connectivity index (χ2n) is 2.42. The molecule has 0 saturated heterocycles. The molecule has 0 saturated carbocycles. The normalized spacial score (nSPS) is 9.33. The van der Waals surface area contributed by atoms with Crippen LogP contribution in [0.4, 0.5) is 5.82 Å². The van der Waals surface area contributed by atoms with E-state index in [-0.39, 0.29) is 0 Å². The second kappa shape index (κ2) is 3.69. The van der Waals surface area contributed by atoms with Crippen LogP contribution in [-0.4, -0.2) is 11.5 Å². The number of hydrogen-bond acceptors (Lipinski definition) is 4. The highest BCUT2D eigenvalue weighted by atomic mass is 14.8. The number of pyridine rings is 1. The molecule has 0 aliphatic heterocycles. The molecule has 0 atom stereocenters. The van der Waals surface area contributed by atoms with Crippen molar-refractivity contribution in [3.63, 3.8) is 0 Å². The first-order valence-electron chi connectivity index (χ1n) is 3.63. The molecule has 0 bridgehead atoms. The highest BCUT2D eigenvalue weighted by Gasteiger charge is 1.98. The lowest BCUT2D eigenvalue weighted by Crippen LogP contribution is -2.06. The van der Waals surface area contributed by atoms with Crippen LogP contribution in [0.5, 0.6) is 0 Å². The van der Waals surface area contributed by atoms with Crippen LogP contribution < -0.4 is 11.5 Å². The van der Waals surface area contributed by atoms with Crippen molar-refractivity contribution in [2.45, 2.75) is 6.42 Å². The number of hydrogen-bond donors (Lipinski definition) is 2. The van der Waals surface area contributed by atoms with Crippen LogP contribution >= 0.6 is 0 Å². The Morgan fingerprint density at radius 2 is 2.25 bits per heavy atom. The van der Waals surface area contributed by atoms with E-state index in [9.17, 15) is 0 Å². The predicted octanol–water partition coefficient (Wildman–Crippen LogP) is 0.0367. The van der Waals surface area contributed by atoms with Crippen molar-refractivity contribution >= 4 is 5.82 Å². The van der Waals surface area contributed by atoms with Crippen molar-refractivity contribution in [2.75, 3.05) is 12.3 Å². The summed E-state index contributed by atoms with van der Waals surface area (Å²) in [7, 11) is 0. The molecular formula is C8H10N4. The Morgan fingerprint density at radius 1 is 1.50 bits per heavy atom. The van der Waals surface area contributed by atoms with Gasteiger partial charge in [0.05, 0.1) is 11.6 Å². The predicted molar refractivity (Wildman–Crippen MR) is 46.1 cm³/mol. The van der Waals surface area contributed by atoms with Gasteiger partial charge in [-0.15, -0.1) is 0 Å².